The Balaban J connectivity index is 1.74. The first kappa shape index (κ1) is 25.1. The molecule has 3 N–H and O–H groups in total. The van der Waals surface area contributed by atoms with Gasteiger partial charge in [0.2, 0.25) is 5.91 Å². The molecule has 0 fully saturated rings. The van der Waals surface area contributed by atoms with Crippen molar-refractivity contribution in [1.29, 1.82) is 5.41 Å². The Kier molecular flexibility index (Phi) is 8.17. The summed E-state index contributed by atoms with van der Waals surface area (Å²) in [6.45, 7) is 10.2. The normalized spacial score (nSPS) is 13.6. The molecule has 3 heterocycles. The van der Waals surface area contributed by atoms with Crippen molar-refractivity contribution < 1.29 is 4.79 Å². The van der Waals surface area contributed by atoms with Gasteiger partial charge in [-0.05, 0) is 57.6 Å². The monoisotopic (exact) mass is 462 g/mol. The van der Waals surface area contributed by atoms with E-state index in [0.29, 0.717) is 42.9 Å². The van der Waals surface area contributed by atoms with Crippen molar-refractivity contribution in [1.82, 2.24) is 25.1 Å². The topological polar surface area (TPSA) is 105 Å². The molecule has 0 unspecified atom stereocenters. The molecule has 0 atom stereocenters. The average Bonchev–Trinajstić information content (AvgIpc) is 2.81. The summed E-state index contributed by atoms with van der Waals surface area (Å²) in [5.74, 6) is 0.163. The molecular formula is C26H34N6O2. The number of carbonyl (C=O) groups excluding carboxylic acids is 1. The third kappa shape index (κ3) is 6.08. The van der Waals surface area contributed by atoms with Crippen LogP contribution in [0.25, 0.3) is 11.3 Å². The quantitative estimate of drug-likeness (QED) is 0.497. The van der Waals surface area contributed by atoms with Crippen LogP contribution in [0.4, 0.5) is 0 Å². The Bertz CT molecular complexity index is 1180. The SMILES string of the molecule is C=C(NCc1c(C)cc(C)[nH]c1=O)c1cc(C2=CCN(C(=O)CCN(C)C)CC2)ncc1C=N. The van der Waals surface area contributed by atoms with E-state index in [1.807, 2.05) is 49.9 Å². The summed E-state index contributed by atoms with van der Waals surface area (Å²) < 4.78 is 0. The van der Waals surface area contributed by atoms with Crippen molar-refractivity contribution in [3.8, 4) is 0 Å². The predicted molar refractivity (Wildman–Crippen MR) is 137 cm³/mol. The summed E-state index contributed by atoms with van der Waals surface area (Å²) in [6.07, 6.45) is 6.22. The van der Waals surface area contributed by atoms with E-state index in [0.717, 1.165) is 41.1 Å². The van der Waals surface area contributed by atoms with E-state index in [-0.39, 0.29) is 11.5 Å². The minimum atomic E-state index is -0.113. The van der Waals surface area contributed by atoms with Gasteiger partial charge in [-0.15, -0.1) is 0 Å². The molecule has 2 aromatic rings. The molecule has 0 saturated carbocycles. The highest BCUT2D eigenvalue weighted by atomic mass is 16.2. The summed E-state index contributed by atoms with van der Waals surface area (Å²) in [4.78, 5) is 36.0. The second kappa shape index (κ2) is 11.1. The summed E-state index contributed by atoms with van der Waals surface area (Å²) in [5.41, 5.74) is 6.22. The summed E-state index contributed by atoms with van der Waals surface area (Å²) in [5, 5.41) is 11.0. The standard InChI is InChI=1S/C26H34N6O2/c1-17-12-18(2)30-26(34)23(17)16-28-19(3)22-13-24(29-15-21(22)14-27)20-6-10-32(11-7-20)25(33)8-9-31(4)5/h6,12-15,27-28H,3,7-11,16H2,1-2,4-5H3,(H,30,34). The van der Waals surface area contributed by atoms with Gasteiger partial charge in [-0.1, -0.05) is 12.7 Å². The predicted octanol–water partition coefficient (Wildman–Crippen LogP) is 2.71. The number of nitrogens with zero attached hydrogens (tertiary/aromatic N) is 3. The highest BCUT2D eigenvalue weighted by Crippen LogP contribution is 2.25. The van der Waals surface area contributed by atoms with E-state index in [4.69, 9.17) is 5.41 Å². The van der Waals surface area contributed by atoms with Crippen LogP contribution in [0.2, 0.25) is 0 Å². The second-order valence-electron chi connectivity index (χ2n) is 8.95. The van der Waals surface area contributed by atoms with Gasteiger partial charge in [0.05, 0.1) is 5.69 Å². The van der Waals surface area contributed by atoms with Gasteiger partial charge in [-0.2, -0.15) is 0 Å². The molecule has 1 amide bonds. The van der Waals surface area contributed by atoms with Crippen molar-refractivity contribution in [2.45, 2.75) is 33.2 Å². The lowest BCUT2D eigenvalue weighted by Gasteiger charge is -2.27. The molecular weight excluding hydrogens is 428 g/mol. The number of aryl methyl sites for hydroxylation is 2. The van der Waals surface area contributed by atoms with Gasteiger partial charge in [-0.3, -0.25) is 14.6 Å². The zero-order valence-corrected chi connectivity index (χ0v) is 20.5. The summed E-state index contributed by atoms with van der Waals surface area (Å²) in [7, 11) is 3.93. The number of rotatable bonds is 9. The highest BCUT2D eigenvalue weighted by Gasteiger charge is 2.19. The van der Waals surface area contributed by atoms with Crippen LogP contribution >= 0.6 is 0 Å². The first-order valence-corrected chi connectivity index (χ1v) is 11.4. The Hall–Kier alpha value is -3.52. The Morgan fingerprint density at radius 2 is 2.12 bits per heavy atom. The van der Waals surface area contributed by atoms with E-state index in [1.54, 1.807) is 6.20 Å². The molecule has 8 nitrogen and oxygen atoms in total. The fraction of sp³-hybridized carbons (Fsp3) is 0.385. The van der Waals surface area contributed by atoms with Crippen molar-refractivity contribution in [3.63, 3.8) is 0 Å². The molecule has 0 saturated heterocycles. The number of nitrogens with one attached hydrogen (secondary N) is 3. The lowest BCUT2D eigenvalue weighted by molar-refractivity contribution is -0.131. The van der Waals surface area contributed by atoms with Gasteiger partial charge in [-0.25, -0.2) is 0 Å². The van der Waals surface area contributed by atoms with Gasteiger partial charge in [0, 0.05) is 73.1 Å². The summed E-state index contributed by atoms with van der Waals surface area (Å²) in [6, 6.07) is 3.87. The van der Waals surface area contributed by atoms with Crippen LogP contribution in [-0.4, -0.2) is 65.6 Å². The van der Waals surface area contributed by atoms with Crippen LogP contribution in [0.15, 0.2) is 35.8 Å². The van der Waals surface area contributed by atoms with E-state index >= 15 is 0 Å². The van der Waals surface area contributed by atoms with Crippen LogP contribution in [0.1, 0.15) is 46.5 Å². The number of carbonyl (C=O) groups is 1. The fourth-order valence-electron chi connectivity index (χ4n) is 4.02. The third-order valence-corrected chi connectivity index (χ3v) is 6.05. The van der Waals surface area contributed by atoms with Crippen molar-refractivity contribution >= 4 is 23.4 Å². The smallest absolute Gasteiger partial charge is 0.253 e. The third-order valence-electron chi connectivity index (χ3n) is 6.05. The number of hydrogen-bond donors (Lipinski definition) is 3. The lowest BCUT2D eigenvalue weighted by atomic mass is 9.99. The van der Waals surface area contributed by atoms with Crippen LogP contribution in [0.5, 0.6) is 0 Å². The molecule has 34 heavy (non-hydrogen) atoms. The average molecular weight is 463 g/mol. The van der Waals surface area contributed by atoms with Gasteiger partial charge in [0.15, 0.2) is 0 Å². The van der Waals surface area contributed by atoms with Crippen LogP contribution in [0.3, 0.4) is 0 Å². The fourth-order valence-corrected chi connectivity index (χ4v) is 4.02. The molecule has 2 aromatic heterocycles. The summed E-state index contributed by atoms with van der Waals surface area (Å²) >= 11 is 0. The molecule has 3 rings (SSSR count). The van der Waals surface area contributed by atoms with Crippen molar-refractivity contribution in [2.24, 2.45) is 0 Å². The van der Waals surface area contributed by atoms with Gasteiger partial charge < -0.3 is 25.5 Å². The van der Waals surface area contributed by atoms with E-state index < -0.39 is 0 Å². The van der Waals surface area contributed by atoms with Crippen LogP contribution in [-0.2, 0) is 11.3 Å². The van der Waals surface area contributed by atoms with Crippen molar-refractivity contribution in [3.05, 3.63) is 75.0 Å². The minimum absolute atomic E-state index is 0.113. The second-order valence-corrected chi connectivity index (χ2v) is 8.95. The molecule has 0 spiro atoms. The van der Waals surface area contributed by atoms with Gasteiger partial charge in [0.1, 0.15) is 0 Å². The Morgan fingerprint density at radius 1 is 1.35 bits per heavy atom. The maximum Gasteiger partial charge on any atom is 0.253 e. The minimum Gasteiger partial charge on any atom is -0.381 e. The number of aromatic nitrogens is 2. The highest BCUT2D eigenvalue weighted by molar-refractivity contribution is 5.87. The number of pyridine rings is 2. The molecule has 180 valence electrons. The lowest BCUT2D eigenvalue weighted by Crippen LogP contribution is -2.36. The number of hydrogen-bond acceptors (Lipinski definition) is 6. The van der Waals surface area contributed by atoms with Gasteiger partial charge in [0.25, 0.3) is 5.56 Å². The van der Waals surface area contributed by atoms with Crippen LogP contribution < -0.4 is 10.9 Å². The molecule has 1 aliphatic rings. The number of amides is 1. The first-order chi connectivity index (χ1) is 16.2. The van der Waals surface area contributed by atoms with E-state index in [1.165, 1.54) is 6.21 Å². The van der Waals surface area contributed by atoms with Crippen LogP contribution in [0, 0.1) is 19.3 Å². The molecule has 1 aliphatic heterocycles. The van der Waals surface area contributed by atoms with E-state index in [9.17, 15) is 9.59 Å². The zero-order valence-electron chi connectivity index (χ0n) is 20.5. The molecule has 0 aromatic carbocycles. The maximum absolute atomic E-state index is 12.4. The molecule has 0 radical (unpaired) electrons. The number of H-pyrrole nitrogens is 1. The van der Waals surface area contributed by atoms with Gasteiger partial charge >= 0.3 is 0 Å². The largest absolute Gasteiger partial charge is 0.381 e. The molecule has 0 bridgehead atoms. The zero-order chi connectivity index (χ0) is 24.8. The van der Waals surface area contributed by atoms with E-state index in [2.05, 4.69) is 27.9 Å². The Morgan fingerprint density at radius 3 is 2.74 bits per heavy atom. The molecule has 0 aliphatic carbocycles. The van der Waals surface area contributed by atoms with Crippen molar-refractivity contribution in [2.75, 3.05) is 33.7 Å². The first-order valence-electron chi connectivity index (χ1n) is 11.4. The Labute approximate surface area is 200 Å². The molecule has 8 heteroatoms. The maximum atomic E-state index is 12.4. The number of aromatic amines is 1.